The Bertz CT molecular complexity index is 404. The number of hydrogen-bond acceptors (Lipinski definition) is 6. The maximum Gasteiger partial charge on any atom is 0.267 e. The normalized spacial score (nSPS) is 15.2. The first-order chi connectivity index (χ1) is 9.18. The third-order valence-corrected chi connectivity index (χ3v) is 4.39. The van der Waals surface area contributed by atoms with E-state index in [9.17, 15) is 18.3 Å². The van der Waals surface area contributed by atoms with E-state index in [-0.39, 0.29) is 29.8 Å². The number of allylic oxidation sites excluding steroid dienone is 1. The van der Waals surface area contributed by atoms with Gasteiger partial charge in [0, 0.05) is 0 Å². The molecule has 0 spiro atoms. The summed E-state index contributed by atoms with van der Waals surface area (Å²) in [5, 5.41) is 9.75. The molecule has 0 saturated heterocycles. The highest BCUT2D eigenvalue weighted by atomic mass is 32.2. The molecule has 0 bridgehead atoms. The minimum atomic E-state index is -3.52. The summed E-state index contributed by atoms with van der Waals surface area (Å²) in [5.74, 6) is 0.230. The summed E-state index contributed by atoms with van der Waals surface area (Å²) < 4.78 is 28.2. The van der Waals surface area contributed by atoms with Crippen molar-refractivity contribution < 1.29 is 22.5 Å². The quantitative estimate of drug-likeness (QED) is 0.361. The first kappa shape index (κ1) is 22.5. The first-order valence-corrected chi connectivity index (χ1v) is 8.46. The summed E-state index contributed by atoms with van der Waals surface area (Å²) in [7, 11) is -3.52. The van der Waals surface area contributed by atoms with Gasteiger partial charge in [0.15, 0.2) is 0 Å². The van der Waals surface area contributed by atoms with Crippen molar-refractivity contribution in [1.29, 1.82) is 0 Å². The molecule has 0 aliphatic heterocycles. The Morgan fingerprint density at radius 1 is 1.19 bits per heavy atom. The molecule has 0 saturated carbocycles. The molecule has 2 atom stereocenters. The second-order valence-electron chi connectivity index (χ2n) is 5.52. The van der Waals surface area contributed by atoms with Crippen LogP contribution in [-0.4, -0.2) is 37.8 Å². The predicted molar refractivity (Wildman–Crippen MR) is 83.8 cm³/mol. The number of carbonyl (C=O) groups is 1. The fourth-order valence-electron chi connectivity index (χ4n) is 1.92. The molecule has 126 valence electrons. The highest BCUT2D eigenvalue weighted by Gasteiger charge is 2.21. The van der Waals surface area contributed by atoms with Crippen LogP contribution in [-0.2, 0) is 19.1 Å². The van der Waals surface area contributed by atoms with Gasteiger partial charge in [-0.3, -0.25) is 8.98 Å². The average molecular weight is 323 g/mol. The Kier molecular flexibility index (Phi) is 11.7. The number of carbonyl (C=O) groups excluding carboxylic acids is 1. The molecular weight excluding hydrogens is 294 g/mol. The zero-order chi connectivity index (χ0) is 15.8. The number of aliphatic hydroxyl groups excluding tert-OH is 1. The second kappa shape index (κ2) is 10.9. The highest BCUT2D eigenvalue weighted by molar-refractivity contribution is 7.86. The molecule has 0 aromatic rings. The summed E-state index contributed by atoms with van der Waals surface area (Å²) in [4.78, 5) is 10.2. The molecule has 0 rings (SSSR count). The molecule has 0 aliphatic rings. The van der Waals surface area contributed by atoms with Crippen molar-refractivity contribution >= 4 is 16.4 Å². The van der Waals surface area contributed by atoms with Gasteiger partial charge in [-0.05, 0) is 44.6 Å². The van der Waals surface area contributed by atoms with Gasteiger partial charge >= 0.3 is 0 Å². The lowest BCUT2D eigenvalue weighted by Crippen LogP contribution is -2.22. The Morgan fingerprint density at radius 2 is 1.76 bits per heavy atom. The van der Waals surface area contributed by atoms with E-state index < -0.39 is 16.2 Å². The van der Waals surface area contributed by atoms with E-state index in [1.54, 1.807) is 13.8 Å². The minimum absolute atomic E-state index is 0. The summed E-state index contributed by atoms with van der Waals surface area (Å²) in [5.41, 5.74) is 0. The van der Waals surface area contributed by atoms with Crippen molar-refractivity contribution in [3.63, 3.8) is 0 Å². The lowest BCUT2D eigenvalue weighted by molar-refractivity contribution is -0.104. The van der Waals surface area contributed by atoms with E-state index in [2.05, 4.69) is 0 Å². The molecule has 0 aliphatic carbocycles. The lowest BCUT2D eigenvalue weighted by atomic mass is 9.88. The third-order valence-electron chi connectivity index (χ3n) is 2.98. The molecule has 0 heterocycles. The first-order valence-electron chi connectivity index (χ1n) is 6.89. The van der Waals surface area contributed by atoms with Gasteiger partial charge < -0.3 is 11.3 Å². The van der Waals surface area contributed by atoms with Gasteiger partial charge in [0.2, 0.25) is 0 Å². The Hall–Kier alpha value is -0.760. The molecule has 4 N–H and O–H groups in total. The standard InChI is InChI=1S/C14H26O5S.H3N/c1-11(2)13(10-14(16)6-5-8-15)7-9-20(17,18)19-12(3)4;/h5-6,8,11-14,16H,7,9-10H2,1-4H3;1H3. The molecule has 0 aromatic heterocycles. The van der Waals surface area contributed by atoms with Crippen molar-refractivity contribution in [1.82, 2.24) is 6.15 Å². The van der Waals surface area contributed by atoms with E-state index >= 15 is 0 Å². The van der Waals surface area contributed by atoms with Crippen LogP contribution in [0.2, 0.25) is 0 Å². The fraction of sp³-hybridized carbons (Fsp3) is 0.786. The van der Waals surface area contributed by atoms with Crippen LogP contribution >= 0.6 is 0 Å². The van der Waals surface area contributed by atoms with Gasteiger partial charge in [0.05, 0.1) is 18.0 Å². The van der Waals surface area contributed by atoms with Gasteiger partial charge in [-0.2, -0.15) is 8.42 Å². The molecule has 0 radical (unpaired) electrons. The van der Waals surface area contributed by atoms with Gasteiger partial charge in [-0.1, -0.05) is 19.9 Å². The van der Waals surface area contributed by atoms with Crippen molar-refractivity contribution in [2.24, 2.45) is 11.8 Å². The molecule has 0 fully saturated rings. The Morgan fingerprint density at radius 3 is 2.19 bits per heavy atom. The van der Waals surface area contributed by atoms with Crippen LogP contribution in [0.1, 0.15) is 40.5 Å². The smallest absolute Gasteiger partial charge is 0.267 e. The molecule has 7 heteroatoms. The Labute approximate surface area is 128 Å². The van der Waals surface area contributed by atoms with Crippen LogP contribution in [0, 0.1) is 11.8 Å². The largest absolute Gasteiger partial charge is 0.389 e. The second-order valence-corrected chi connectivity index (χ2v) is 7.24. The van der Waals surface area contributed by atoms with E-state index in [0.29, 0.717) is 19.1 Å². The molecule has 0 aromatic carbocycles. The van der Waals surface area contributed by atoms with Crippen LogP contribution in [0.15, 0.2) is 12.2 Å². The SMILES string of the molecule is CC(C)OS(=O)(=O)CCC(CC(O)C=CC=O)C(C)C.N. The lowest BCUT2D eigenvalue weighted by Gasteiger charge is -2.22. The third kappa shape index (κ3) is 11.6. The highest BCUT2D eigenvalue weighted by Crippen LogP contribution is 2.22. The number of rotatable bonds is 10. The average Bonchev–Trinajstić information content (AvgIpc) is 2.29. The fourth-order valence-corrected chi connectivity index (χ4v) is 3.20. The zero-order valence-electron chi connectivity index (χ0n) is 13.4. The van der Waals surface area contributed by atoms with E-state index in [0.717, 1.165) is 0 Å². The van der Waals surface area contributed by atoms with Crippen LogP contribution in [0.3, 0.4) is 0 Å². The van der Waals surface area contributed by atoms with Gasteiger partial charge in [-0.25, -0.2) is 0 Å². The van der Waals surface area contributed by atoms with Crippen LogP contribution < -0.4 is 6.15 Å². The summed E-state index contributed by atoms with van der Waals surface area (Å²) in [6, 6.07) is 0. The number of hydrogen-bond donors (Lipinski definition) is 2. The van der Waals surface area contributed by atoms with Crippen molar-refractivity contribution in [2.45, 2.75) is 52.7 Å². The summed E-state index contributed by atoms with van der Waals surface area (Å²) >= 11 is 0. The number of aliphatic hydroxyl groups is 1. The van der Waals surface area contributed by atoms with Gasteiger partial charge in [0.1, 0.15) is 6.29 Å². The van der Waals surface area contributed by atoms with E-state index in [4.69, 9.17) is 4.18 Å². The minimum Gasteiger partial charge on any atom is -0.389 e. The molecule has 6 nitrogen and oxygen atoms in total. The van der Waals surface area contributed by atoms with E-state index in [1.165, 1.54) is 12.2 Å². The molecule has 21 heavy (non-hydrogen) atoms. The topological polar surface area (TPSA) is 116 Å². The summed E-state index contributed by atoms with van der Waals surface area (Å²) in [6.07, 6.45) is 3.04. The molecule has 0 amide bonds. The van der Waals surface area contributed by atoms with E-state index in [1.807, 2.05) is 13.8 Å². The van der Waals surface area contributed by atoms with Crippen molar-refractivity contribution in [3.8, 4) is 0 Å². The van der Waals surface area contributed by atoms with Crippen LogP contribution in [0.5, 0.6) is 0 Å². The van der Waals surface area contributed by atoms with Crippen molar-refractivity contribution in [3.05, 3.63) is 12.2 Å². The predicted octanol–water partition coefficient (Wildman–Crippen LogP) is 2.07. The maximum absolute atomic E-state index is 11.7. The molecular formula is C14H29NO5S. The Balaban J connectivity index is 0. The van der Waals surface area contributed by atoms with Crippen molar-refractivity contribution in [2.75, 3.05) is 5.75 Å². The van der Waals surface area contributed by atoms with Crippen LogP contribution in [0.25, 0.3) is 0 Å². The summed E-state index contributed by atoms with van der Waals surface area (Å²) in [6.45, 7) is 7.31. The van der Waals surface area contributed by atoms with Gasteiger partial charge in [-0.15, -0.1) is 0 Å². The molecule has 2 unspecified atom stereocenters. The number of aldehydes is 1. The monoisotopic (exact) mass is 323 g/mol. The van der Waals surface area contributed by atoms with Gasteiger partial charge in [0.25, 0.3) is 10.1 Å². The van der Waals surface area contributed by atoms with Crippen LogP contribution in [0.4, 0.5) is 0 Å². The zero-order valence-corrected chi connectivity index (χ0v) is 14.2. The maximum atomic E-state index is 11.7.